The number of benzene rings is 4. The Bertz CT molecular complexity index is 1480. The average molecular weight is 598 g/mol. The van der Waals surface area contributed by atoms with Gasteiger partial charge in [0.1, 0.15) is 0 Å². The minimum Gasteiger partial charge on any atom is -0.392 e. The quantitative estimate of drug-likeness (QED) is 0.150. The zero-order chi connectivity index (χ0) is 30.0. The van der Waals surface area contributed by atoms with E-state index in [4.69, 9.17) is 9.47 Å². The summed E-state index contributed by atoms with van der Waals surface area (Å²) in [7, 11) is 0. The van der Waals surface area contributed by atoms with Gasteiger partial charge in [0.15, 0.2) is 6.29 Å². The van der Waals surface area contributed by atoms with Gasteiger partial charge < -0.3 is 30.5 Å². The van der Waals surface area contributed by atoms with Gasteiger partial charge in [0.25, 0.3) is 0 Å². The Hall–Kier alpha value is -4.15. The molecular weight excluding hydrogens is 562 g/mol. The second-order valence-corrected chi connectivity index (χ2v) is 11.4. The summed E-state index contributed by atoms with van der Waals surface area (Å²) in [6, 6.07) is 32.5. The summed E-state index contributed by atoms with van der Waals surface area (Å²) in [6.45, 7) is 1.92. The maximum atomic E-state index is 12.4. The van der Waals surface area contributed by atoms with E-state index < -0.39 is 6.29 Å². The van der Waals surface area contributed by atoms with E-state index in [-0.39, 0.29) is 30.8 Å². The van der Waals surface area contributed by atoms with Crippen LogP contribution in [0.3, 0.4) is 0 Å². The van der Waals surface area contributed by atoms with Crippen molar-refractivity contribution in [1.82, 2.24) is 5.32 Å². The number of carbonyl (C=O) groups is 2. The number of carbonyl (C=O) groups excluding carboxylic acids is 2. The third-order valence-electron chi connectivity index (χ3n) is 6.96. The molecule has 4 aromatic carbocycles. The Labute approximate surface area is 255 Å². The summed E-state index contributed by atoms with van der Waals surface area (Å²) in [5, 5.41) is 18.0. The molecule has 0 aromatic heterocycles. The molecule has 0 spiro atoms. The number of urea groups is 1. The molecule has 1 aliphatic heterocycles. The van der Waals surface area contributed by atoms with Gasteiger partial charge in [0.05, 0.1) is 18.8 Å². The van der Waals surface area contributed by atoms with Crippen LogP contribution in [0.2, 0.25) is 0 Å². The number of ether oxygens (including phenoxy) is 2. The molecular formula is C34H35N3O5S. The van der Waals surface area contributed by atoms with Crippen molar-refractivity contribution in [2.75, 3.05) is 16.4 Å². The van der Waals surface area contributed by atoms with Crippen molar-refractivity contribution in [3.05, 3.63) is 125 Å². The lowest BCUT2D eigenvalue weighted by molar-refractivity contribution is -0.245. The summed E-state index contributed by atoms with van der Waals surface area (Å²) in [5.74, 6) is 0.612. The van der Waals surface area contributed by atoms with Crippen molar-refractivity contribution in [3.63, 3.8) is 0 Å². The highest BCUT2D eigenvalue weighted by Crippen LogP contribution is 2.39. The Morgan fingerprint density at radius 1 is 0.791 bits per heavy atom. The van der Waals surface area contributed by atoms with Gasteiger partial charge in [-0.05, 0) is 53.1 Å². The van der Waals surface area contributed by atoms with E-state index in [0.717, 1.165) is 32.8 Å². The van der Waals surface area contributed by atoms with Gasteiger partial charge in [0, 0.05) is 47.5 Å². The van der Waals surface area contributed by atoms with Gasteiger partial charge in [-0.15, -0.1) is 11.8 Å². The molecule has 3 atom stereocenters. The summed E-state index contributed by atoms with van der Waals surface area (Å²) >= 11 is 1.69. The molecule has 9 heteroatoms. The molecule has 0 aliphatic carbocycles. The van der Waals surface area contributed by atoms with Crippen molar-refractivity contribution < 1.29 is 24.2 Å². The van der Waals surface area contributed by atoms with Crippen LogP contribution < -0.4 is 16.0 Å². The topological polar surface area (TPSA) is 109 Å². The van der Waals surface area contributed by atoms with E-state index in [1.165, 1.54) is 6.92 Å². The molecule has 3 amide bonds. The fourth-order valence-electron chi connectivity index (χ4n) is 4.73. The zero-order valence-corrected chi connectivity index (χ0v) is 24.7. The van der Waals surface area contributed by atoms with Gasteiger partial charge in [-0.2, -0.15) is 0 Å². The molecule has 222 valence electrons. The predicted molar refractivity (Wildman–Crippen MR) is 169 cm³/mol. The first-order valence-electron chi connectivity index (χ1n) is 14.1. The fraction of sp³-hybridized carbons (Fsp3) is 0.235. The van der Waals surface area contributed by atoms with Crippen LogP contribution in [0.25, 0.3) is 0 Å². The SMILES string of the molecule is CC(=O)Nc1ccc(SCC2CC(c3ccc(CO)cc3)OC(c3ccc(NC(=O)NCc4ccccc4)cc3)O2)cc1. The number of amides is 3. The molecule has 0 radical (unpaired) electrons. The smallest absolute Gasteiger partial charge is 0.319 e. The second-order valence-electron chi connectivity index (χ2n) is 10.3. The Morgan fingerprint density at radius 3 is 2.12 bits per heavy atom. The summed E-state index contributed by atoms with van der Waals surface area (Å²) in [6.07, 6.45) is -0.207. The van der Waals surface area contributed by atoms with E-state index in [9.17, 15) is 14.7 Å². The van der Waals surface area contributed by atoms with Crippen LogP contribution in [0.15, 0.2) is 108 Å². The highest BCUT2D eigenvalue weighted by atomic mass is 32.2. The third-order valence-corrected chi connectivity index (χ3v) is 8.11. The monoisotopic (exact) mass is 597 g/mol. The molecule has 0 saturated carbocycles. The molecule has 1 heterocycles. The summed E-state index contributed by atoms with van der Waals surface area (Å²) in [5.41, 5.74) is 5.16. The largest absolute Gasteiger partial charge is 0.392 e. The van der Waals surface area contributed by atoms with Crippen LogP contribution in [-0.2, 0) is 27.4 Å². The molecule has 1 fully saturated rings. The van der Waals surface area contributed by atoms with Crippen molar-refractivity contribution >= 4 is 35.1 Å². The zero-order valence-electron chi connectivity index (χ0n) is 23.9. The predicted octanol–water partition coefficient (Wildman–Crippen LogP) is 6.80. The lowest BCUT2D eigenvalue weighted by Gasteiger charge is -2.36. The van der Waals surface area contributed by atoms with Crippen LogP contribution in [0, 0.1) is 0 Å². The van der Waals surface area contributed by atoms with Crippen molar-refractivity contribution in [3.8, 4) is 0 Å². The van der Waals surface area contributed by atoms with Crippen molar-refractivity contribution in [2.45, 2.75) is 49.9 Å². The van der Waals surface area contributed by atoms with Crippen molar-refractivity contribution in [1.29, 1.82) is 0 Å². The summed E-state index contributed by atoms with van der Waals surface area (Å²) in [4.78, 5) is 24.8. The molecule has 4 aromatic rings. The molecule has 43 heavy (non-hydrogen) atoms. The normalized spacial score (nSPS) is 18.0. The number of aliphatic hydroxyl groups is 1. The number of nitrogens with one attached hydrogen (secondary N) is 3. The first-order valence-corrected chi connectivity index (χ1v) is 15.1. The van der Waals surface area contributed by atoms with Gasteiger partial charge in [-0.1, -0.05) is 66.7 Å². The molecule has 1 saturated heterocycles. The third kappa shape index (κ3) is 8.92. The number of thioether (sulfide) groups is 1. The van der Waals surface area contributed by atoms with E-state index in [1.807, 2.05) is 103 Å². The number of aliphatic hydroxyl groups excluding tert-OH is 1. The van der Waals surface area contributed by atoms with E-state index in [2.05, 4.69) is 16.0 Å². The maximum Gasteiger partial charge on any atom is 0.319 e. The van der Waals surface area contributed by atoms with E-state index >= 15 is 0 Å². The van der Waals surface area contributed by atoms with Crippen LogP contribution in [0.5, 0.6) is 0 Å². The standard InChI is InChI=1S/C34H35N3O5S/c1-23(39)36-28-15-17-31(18-16-28)43-22-30-19-32(26-9-7-25(21-38)8-10-26)42-33(41-30)27-11-13-29(14-12-27)37-34(40)35-20-24-5-3-2-4-6-24/h2-18,30,32-33,38H,19-22H2,1H3,(H,36,39)(H2,35,37,40). The van der Waals surface area contributed by atoms with E-state index in [1.54, 1.807) is 11.8 Å². The Morgan fingerprint density at radius 2 is 1.44 bits per heavy atom. The highest BCUT2D eigenvalue weighted by molar-refractivity contribution is 7.99. The Balaban J connectivity index is 1.24. The van der Waals surface area contributed by atoms with Crippen molar-refractivity contribution in [2.24, 2.45) is 0 Å². The van der Waals surface area contributed by atoms with Crippen LogP contribution in [0.4, 0.5) is 16.2 Å². The van der Waals surface area contributed by atoms with Crippen LogP contribution in [0.1, 0.15) is 48.0 Å². The number of rotatable bonds is 10. The first kappa shape index (κ1) is 30.3. The van der Waals surface area contributed by atoms with E-state index in [0.29, 0.717) is 24.4 Å². The molecule has 8 nitrogen and oxygen atoms in total. The number of hydrogen-bond acceptors (Lipinski definition) is 6. The minimum atomic E-state index is -0.593. The Kier molecular flexibility index (Phi) is 10.5. The van der Waals surface area contributed by atoms with Crippen LogP contribution in [-0.4, -0.2) is 28.9 Å². The molecule has 1 aliphatic rings. The number of anilines is 2. The lowest BCUT2D eigenvalue weighted by Crippen LogP contribution is -2.31. The van der Waals surface area contributed by atoms with Crippen LogP contribution >= 0.6 is 11.8 Å². The minimum absolute atomic E-state index is 0.0117. The fourth-order valence-corrected chi connectivity index (χ4v) is 5.65. The molecule has 3 unspecified atom stereocenters. The van der Waals surface area contributed by atoms with Gasteiger partial charge in [-0.3, -0.25) is 4.79 Å². The average Bonchev–Trinajstić information content (AvgIpc) is 3.04. The molecule has 5 rings (SSSR count). The summed E-state index contributed by atoms with van der Waals surface area (Å²) < 4.78 is 12.9. The lowest BCUT2D eigenvalue weighted by atomic mass is 10.0. The molecule has 0 bridgehead atoms. The highest BCUT2D eigenvalue weighted by Gasteiger charge is 2.32. The second kappa shape index (κ2) is 14.8. The first-order chi connectivity index (χ1) is 20.9. The van der Waals surface area contributed by atoms with Gasteiger partial charge in [0.2, 0.25) is 5.91 Å². The van der Waals surface area contributed by atoms with Gasteiger partial charge >= 0.3 is 6.03 Å². The molecule has 4 N–H and O–H groups in total. The van der Waals surface area contributed by atoms with Gasteiger partial charge in [-0.25, -0.2) is 4.79 Å². The number of hydrogen-bond donors (Lipinski definition) is 4. The maximum absolute atomic E-state index is 12.4.